The van der Waals surface area contributed by atoms with Crippen molar-refractivity contribution in [2.75, 3.05) is 19.5 Å². The van der Waals surface area contributed by atoms with Crippen LogP contribution in [0.25, 0.3) is 0 Å². The van der Waals surface area contributed by atoms with E-state index < -0.39 is 18.3 Å². The molecule has 0 aliphatic carbocycles. The van der Waals surface area contributed by atoms with Gasteiger partial charge >= 0.3 is 11.9 Å². The lowest BCUT2D eigenvalue weighted by Crippen LogP contribution is -2.56. The monoisotopic (exact) mass is 320 g/mol. The van der Waals surface area contributed by atoms with E-state index in [1.54, 1.807) is 11.8 Å². The largest absolute Gasteiger partial charge is 0.463 e. The number of rotatable bonds is 6. The summed E-state index contributed by atoms with van der Waals surface area (Å²) in [6.45, 7) is 6.80. The maximum atomic E-state index is 11.3. The van der Waals surface area contributed by atoms with Gasteiger partial charge < -0.3 is 18.9 Å². The van der Waals surface area contributed by atoms with Crippen molar-refractivity contribution in [2.45, 2.75) is 51.4 Å². The highest BCUT2D eigenvalue weighted by molar-refractivity contribution is 7.99. The molecule has 5 atom stereocenters. The second-order valence-electron chi connectivity index (χ2n) is 4.93. The van der Waals surface area contributed by atoms with Crippen LogP contribution >= 0.6 is 11.8 Å². The Hall–Kier alpha value is -0.790. The molecule has 122 valence electrons. The predicted octanol–water partition coefficient (Wildman–Crippen LogP) is 1.61. The molecular formula is C14H24O6S. The van der Waals surface area contributed by atoms with Gasteiger partial charge in [0.25, 0.3) is 0 Å². The lowest BCUT2D eigenvalue weighted by Gasteiger charge is -2.44. The molecule has 1 fully saturated rings. The number of carbonyl (C=O) groups is 2. The number of hydrogen-bond donors (Lipinski definition) is 0. The molecule has 1 rings (SSSR count). The van der Waals surface area contributed by atoms with E-state index in [1.807, 2.05) is 13.8 Å². The third-order valence-electron chi connectivity index (χ3n) is 3.30. The minimum Gasteiger partial charge on any atom is -0.463 e. The van der Waals surface area contributed by atoms with Crippen molar-refractivity contribution in [3.63, 3.8) is 0 Å². The van der Waals surface area contributed by atoms with Crippen LogP contribution in [0.3, 0.4) is 0 Å². The van der Waals surface area contributed by atoms with Gasteiger partial charge in [0.15, 0.2) is 0 Å². The van der Waals surface area contributed by atoms with Crippen LogP contribution in [0.4, 0.5) is 0 Å². The van der Waals surface area contributed by atoms with Gasteiger partial charge in [-0.2, -0.15) is 0 Å². The number of thioether (sulfide) groups is 1. The zero-order valence-electron chi connectivity index (χ0n) is 13.2. The summed E-state index contributed by atoms with van der Waals surface area (Å²) in [6, 6.07) is 0. The molecule has 0 aromatic heterocycles. The van der Waals surface area contributed by atoms with E-state index in [4.69, 9.17) is 18.9 Å². The molecule has 0 spiro atoms. The molecule has 1 aliphatic rings. The topological polar surface area (TPSA) is 71.1 Å². The molecule has 1 aliphatic heterocycles. The van der Waals surface area contributed by atoms with Gasteiger partial charge in [-0.05, 0) is 5.75 Å². The van der Waals surface area contributed by atoms with E-state index in [0.29, 0.717) is 0 Å². The highest BCUT2D eigenvalue weighted by atomic mass is 32.2. The van der Waals surface area contributed by atoms with Crippen molar-refractivity contribution in [3.05, 3.63) is 0 Å². The van der Waals surface area contributed by atoms with Gasteiger partial charge in [-0.3, -0.25) is 9.59 Å². The van der Waals surface area contributed by atoms with Crippen molar-refractivity contribution in [1.82, 2.24) is 0 Å². The third-order valence-corrected chi connectivity index (χ3v) is 4.50. The van der Waals surface area contributed by atoms with E-state index in [2.05, 4.69) is 0 Å². The van der Waals surface area contributed by atoms with E-state index in [1.165, 1.54) is 21.0 Å². The molecule has 0 bridgehead atoms. The SMILES string of the molecule is CCS[C@@H]1OC(COC(C)=O)C(OC)[C@H](OC(C)=O)C1C. The molecular weight excluding hydrogens is 296 g/mol. The zero-order chi connectivity index (χ0) is 16.0. The Morgan fingerprint density at radius 2 is 1.86 bits per heavy atom. The fourth-order valence-electron chi connectivity index (χ4n) is 2.38. The summed E-state index contributed by atoms with van der Waals surface area (Å²) in [7, 11) is 1.53. The number of carbonyl (C=O) groups excluding carboxylic acids is 2. The number of methoxy groups -OCH3 is 1. The highest BCUT2D eigenvalue weighted by Gasteiger charge is 2.46. The second kappa shape index (κ2) is 8.60. The minimum absolute atomic E-state index is 0.0163. The normalized spacial score (nSPS) is 32.5. The first-order valence-electron chi connectivity index (χ1n) is 7.01. The first-order chi connectivity index (χ1) is 9.90. The van der Waals surface area contributed by atoms with Gasteiger partial charge in [0.1, 0.15) is 30.4 Å². The minimum atomic E-state index is -0.461. The second-order valence-corrected chi connectivity index (χ2v) is 6.31. The Labute approximate surface area is 129 Å². The molecule has 0 aromatic carbocycles. The summed E-state index contributed by atoms with van der Waals surface area (Å²) in [5.41, 5.74) is -0.133. The maximum absolute atomic E-state index is 11.3. The number of ether oxygens (including phenoxy) is 4. The summed E-state index contributed by atoms with van der Waals surface area (Å²) in [4.78, 5) is 22.3. The summed E-state index contributed by atoms with van der Waals surface area (Å²) < 4.78 is 21.9. The fourth-order valence-corrected chi connectivity index (χ4v) is 3.39. The summed E-state index contributed by atoms with van der Waals surface area (Å²) in [5, 5.41) is 0. The van der Waals surface area contributed by atoms with Gasteiger partial charge in [0.05, 0.1) is 0 Å². The number of esters is 2. The quantitative estimate of drug-likeness (QED) is 0.689. The highest BCUT2D eigenvalue weighted by Crippen LogP contribution is 2.35. The first-order valence-corrected chi connectivity index (χ1v) is 8.06. The van der Waals surface area contributed by atoms with E-state index in [0.717, 1.165) is 5.75 Å². The fraction of sp³-hybridized carbons (Fsp3) is 0.857. The van der Waals surface area contributed by atoms with Crippen LogP contribution in [0, 0.1) is 5.92 Å². The van der Waals surface area contributed by atoms with Gasteiger partial charge in [0.2, 0.25) is 0 Å². The molecule has 0 amide bonds. The summed E-state index contributed by atoms with van der Waals surface area (Å²) >= 11 is 1.63. The predicted molar refractivity (Wildman–Crippen MR) is 78.9 cm³/mol. The molecule has 1 saturated heterocycles. The Balaban J connectivity index is 2.89. The van der Waals surface area contributed by atoms with Crippen molar-refractivity contribution in [2.24, 2.45) is 5.92 Å². The van der Waals surface area contributed by atoms with Crippen molar-refractivity contribution >= 4 is 23.7 Å². The van der Waals surface area contributed by atoms with Gasteiger partial charge in [-0.1, -0.05) is 13.8 Å². The maximum Gasteiger partial charge on any atom is 0.303 e. The third kappa shape index (κ3) is 5.16. The molecule has 0 aromatic rings. The van der Waals surface area contributed by atoms with Crippen LogP contribution in [0.15, 0.2) is 0 Å². The Morgan fingerprint density at radius 1 is 1.19 bits per heavy atom. The summed E-state index contributed by atoms with van der Waals surface area (Å²) in [6.07, 6.45) is -1.34. The van der Waals surface area contributed by atoms with Crippen LogP contribution in [0.2, 0.25) is 0 Å². The van der Waals surface area contributed by atoms with Crippen LogP contribution in [-0.4, -0.2) is 55.2 Å². The Kier molecular flexibility index (Phi) is 7.48. The smallest absolute Gasteiger partial charge is 0.303 e. The number of hydrogen-bond acceptors (Lipinski definition) is 7. The van der Waals surface area contributed by atoms with Crippen LogP contribution in [0.5, 0.6) is 0 Å². The van der Waals surface area contributed by atoms with E-state index in [-0.39, 0.29) is 29.9 Å². The van der Waals surface area contributed by atoms with Crippen molar-refractivity contribution < 1.29 is 28.5 Å². The van der Waals surface area contributed by atoms with Crippen LogP contribution in [0.1, 0.15) is 27.7 Å². The lowest BCUT2D eigenvalue weighted by molar-refractivity contribution is -0.211. The van der Waals surface area contributed by atoms with Crippen molar-refractivity contribution in [3.8, 4) is 0 Å². The Bertz CT molecular complexity index is 361. The molecule has 1 heterocycles. The van der Waals surface area contributed by atoms with Gasteiger partial charge in [-0.25, -0.2) is 0 Å². The van der Waals surface area contributed by atoms with E-state index in [9.17, 15) is 9.59 Å². The van der Waals surface area contributed by atoms with Gasteiger partial charge in [-0.15, -0.1) is 11.8 Å². The Morgan fingerprint density at radius 3 is 2.33 bits per heavy atom. The molecule has 0 saturated carbocycles. The molecule has 0 radical (unpaired) electrons. The molecule has 0 N–H and O–H groups in total. The molecule has 6 nitrogen and oxygen atoms in total. The molecule has 3 unspecified atom stereocenters. The average Bonchev–Trinajstić information content (AvgIpc) is 2.41. The van der Waals surface area contributed by atoms with Crippen LogP contribution in [-0.2, 0) is 28.5 Å². The van der Waals surface area contributed by atoms with Gasteiger partial charge in [0, 0.05) is 26.9 Å². The first kappa shape index (κ1) is 18.3. The average molecular weight is 320 g/mol. The van der Waals surface area contributed by atoms with Crippen LogP contribution < -0.4 is 0 Å². The lowest BCUT2D eigenvalue weighted by atomic mass is 9.93. The van der Waals surface area contributed by atoms with E-state index >= 15 is 0 Å². The van der Waals surface area contributed by atoms with Crippen molar-refractivity contribution in [1.29, 1.82) is 0 Å². The molecule has 7 heteroatoms. The standard InChI is InChI=1S/C14H24O6S/c1-6-21-14-8(2)12(19-10(4)16)13(17-5)11(20-14)7-18-9(3)15/h8,11-14H,6-7H2,1-5H3/t8?,11?,12-,13?,14+/m1/s1. The zero-order valence-corrected chi connectivity index (χ0v) is 14.0. The molecule has 21 heavy (non-hydrogen) atoms. The summed E-state index contributed by atoms with van der Waals surface area (Å²) in [5.74, 6) is 0.121.